The van der Waals surface area contributed by atoms with Gasteiger partial charge in [-0.2, -0.15) is 0 Å². The SMILES string of the molecule is C[C@@H]1CCC[C@]2(CC[C@]3(CCC[C@H](C)O3)O2)O1. The third-order valence-electron chi connectivity index (χ3n) is 4.43. The second-order valence-corrected chi connectivity index (χ2v) is 6.06. The van der Waals surface area contributed by atoms with Gasteiger partial charge >= 0.3 is 0 Å². The molecule has 0 aliphatic carbocycles. The molecule has 17 heavy (non-hydrogen) atoms. The van der Waals surface area contributed by atoms with Gasteiger partial charge < -0.3 is 14.2 Å². The molecule has 0 unspecified atom stereocenters. The van der Waals surface area contributed by atoms with Gasteiger partial charge in [0.2, 0.25) is 0 Å². The monoisotopic (exact) mass is 240 g/mol. The lowest BCUT2D eigenvalue weighted by atomic mass is 9.96. The van der Waals surface area contributed by atoms with Crippen LogP contribution >= 0.6 is 0 Å². The molecule has 3 aliphatic heterocycles. The van der Waals surface area contributed by atoms with E-state index < -0.39 is 0 Å². The second-order valence-electron chi connectivity index (χ2n) is 6.06. The highest BCUT2D eigenvalue weighted by Crippen LogP contribution is 2.49. The van der Waals surface area contributed by atoms with Crippen LogP contribution in [-0.4, -0.2) is 23.8 Å². The van der Waals surface area contributed by atoms with Crippen LogP contribution in [-0.2, 0) is 14.2 Å². The predicted molar refractivity (Wildman–Crippen MR) is 64.6 cm³/mol. The highest BCUT2D eigenvalue weighted by Gasteiger charge is 2.53. The summed E-state index contributed by atoms with van der Waals surface area (Å²) in [5.74, 6) is -0.649. The van der Waals surface area contributed by atoms with Gasteiger partial charge in [0.25, 0.3) is 0 Å². The molecule has 3 saturated heterocycles. The third-order valence-corrected chi connectivity index (χ3v) is 4.43. The molecule has 3 heterocycles. The maximum atomic E-state index is 6.31. The smallest absolute Gasteiger partial charge is 0.172 e. The summed E-state index contributed by atoms with van der Waals surface area (Å²) in [5, 5.41) is 0. The molecule has 0 amide bonds. The summed E-state index contributed by atoms with van der Waals surface area (Å²) in [6.07, 6.45) is 9.51. The van der Waals surface area contributed by atoms with Gasteiger partial charge in [-0.25, -0.2) is 0 Å². The third kappa shape index (κ3) is 2.25. The molecule has 3 heteroatoms. The van der Waals surface area contributed by atoms with Crippen molar-refractivity contribution in [1.82, 2.24) is 0 Å². The molecule has 3 aliphatic rings. The Morgan fingerprint density at radius 2 is 1.24 bits per heavy atom. The summed E-state index contributed by atoms with van der Waals surface area (Å²) in [6, 6.07) is 0. The van der Waals surface area contributed by atoms with E-state index in [1.807, 2.05) is 0 Å². The molecule has 3 rings (SSSR count). The average molecular weight is 240 g/mol. The highest BCUT2D eigenvalue weighted by molar-refractivity contribution is 4.91. The fourth-order valence-electron chi connectivity index (χ4n) is 3.63. The van der Waals surface area contributed by atoms with Crippen molar-refractivity contribution in [3.05, 3.63) is 0 Å². The van der Waals surface area contributed by atoms with Crippen molar-refractivity contribution in [3.63, 3.8) is 0 Å². The van der Waals surface area contributed by atoms with Crippen LogP contribution in [0.25, 0.3) is 0 Å². The van der Waals surface area contributed by atoms with Crippen molar-refractivity contribution in [1.29, 1.82) is 0 Å². The normalized spacial score (nSPS) is 51.2. The molecule has 0 aromatic rings. The van der Waals surface area contributed by atoms with Gasteiger partial charge in [0.05, 0.1) is 12.2 Å². The first kappa shape index (κ1) is 11.9. The Balaban J connectivity index is 1.71. The fourth-order valence-corrected chi connectivity index (χ4v) is 3.63. The van der Waals surface area contributed by atoms with Crippen LogP contribution in [0.1, 0.15) is 65.2 Å². The van der Waals surface area contributed by atoms with E-state index in [1.165, 1.54) is 12.8 Å². The first-order valence-corrected chi connectivity index (χ1v) is 7.17. The molecule has 2 spiro atoms. The van der Waals surface area contributed by atoms with Crippen molar-refractivity contribution in [2.24, 2.45) is 0 Å². The van der Waals surface area contributed by atoms with Crippen LogP contribution in [0, 0.1) is 0 Å². The van der Waals surface area contributed by atoms with E-state index in [1.54, 1.807) is 0 Å². The summed E-state index contributed by atoms with van der Waals surface area (Å²) in [6.45, 7) is 4.30. The minimum absolute atomic E-state index is 0.325. The van der Waals surface area contributed by atoms with E-state index in [0.29, 0.717) is 12.2 Å². The Bertz CT molecular complexity index is 265. The molecule has 0 aromatic heterocycles. The Morgan fingerprint density at radius 1 is 0.765 bits per heavy atom. The van der Waals surface area contributed by atoms with E-state index in [9.17, 15) is 0 Å². The summed E-state index contributed by atoms with van der Waals surface area (Å²) >= 11 is 0. The zero-order valence-electron chi connectivity index (χ0n) is 11.0. The lowest BCUT2D eigenvalue weighted by Crippen LogP contribution is -2.46. The fraction of sp³-hybridized carbons (Fsp3) is 1.00. The van der Waals surface area contributed by atoms with Gasteiger partial charge in [-0.3, -0.25) is 0 Å². The number of rotatable bonds is 0. The number of hydrogen-bond donors (Lipinski definition) is 0. The van der Waals surface area contributed by atoms with Crippen molar-refractivity contribution < 1.29 is 14.2 Å². The van der Waals surface area contributed by atoms with Crippen LogP contribution in [0.3, 0.4) is 0 Å². The van der Waals surface area contributed by atoms with Gasteiger partial charge in [0.15, 0.2) is 11.6 Å². The first-order chi connectivity index (χ1) is 8.12. The van der Waals surface area contributed by atoms with Gasteiger partial charge in [-0.15, -0.1) is 0 Å². The van der Waals surface area contributed by atoms with E-state index in [4.69, 9.17) is 14.2 Å². The number of ether oxygens (including phenoxy) is 3. The zero-order chi connectivity index (χ0) is 11.9. The van der Waals surface area contributed by atoms with Crippen LogP contribution in [0.4, 0.5) is 0 Å². The zero-order valence-corrected chi connectivity index (χ0v) is 11.0. The molecule has 0 saturated carbocycles. The first-order valence-electron chi connectivity index (χ1n) is 7.17. The van der Waals surface area contributed by atoms with E-state index in [-0.39, 0.29) is 11.6 Å². The molecule has 4 atom stereocenters. The molecule has 0 bridgehead atoms. The topological polar surface area (TPSA) is 27.7 Å². The van der Waals surface area contributed by atoms with Crippen LogP contribution in [0.2, 0.25) is 0 Å². The summed E-state index contributed by atoms with van der Waals surface area (Å²) in [5.41, 5.74) is 0. The maximum Gasteiger partial charge on any atom is 0.172 e. The minimum atomic E-state index is -0.325. The van der Waals surface area contributed by atoms with Crippen molar-refractivity contribution in [3.8, 4) is 0 Å². The molecule has 0 radical (unpaired) electrons. The van der Waals surface area contributed by atoms with Crippen LogP contribution in [0.15, 0.2) is 0 Å². The maximum absolute atomic E-state index is 6.31. The molecule has 3 nitrogen and oxygen atoms in total. The quantitative estimate of drug-likeness (QED) is 0.649. The standard InChI is InChI=1S/C14H24O3/c1-11-5-3-7-13(15-11)9-10-14(17-13)8-4-6-12(2)16-14/h11-12H,3-10H2,1-2H3/t11-,12+,13-,14-/m0/s1. The summed E-state index contributed by atoms with van der Waals surface area (Å²) in [7, 11) is 0. The van der Waals surface area contributed by atoms with Crippen LogP contribution < -0.4 is 0 Å². The largest absolute Gasteiger partial charge is 0.347 e. The molecular formula is C14H24O3. The summed E-state index contributed by atoms with van der Waals surface area (Å²) in [4.78, 5) is 0. The van der Waals surface area contributed by atoms with Crippen molar-refractivity contribution >= 4 is 0 Å². The van der Waals surface area contributed by atoms with Crippen molar-refractivity contribution in [2.75, 3.05) is 0 Å². The second kappa shape index (κ2) is 4.22. The lowest BCUT2D eigenvalue weighted by Gasteiger charge is -2.42. The Morgan fingerprint density at radius 3 is 1.65 bits per heavy atom. The molecule has 98 valence electrons. The van der Waals surface area contributed by atoms with Gasteiger partial charge in [-0.1, -0.05) is 0 Å². The number of hydrogen-bond acceptors (Lipinski definition) is 3. The minimum Gasteiger partial charge on any atom is -0.347 e. The highest BCUT2D eigenvalue weighted by atomic mass is 16.8. The summed E-state index contributed by atoms with van der Waals surface area (Å²) < 4.78 is 18.5. The molecule has 3 fully saturated rings. The Kier molecular flexibility index (Phi) is 2.96. The molecule has 0 aromatic carbocycles. The van der Waals surface area contributed by atoms with E-state index in [0.717, 1.165) is 38.5 Å². The van der Waals surface area contributed by atoms with E-state index >= 15 is 0 Å². The van der Waals surface area contributed by atoms with Gasteiger partial charge in [0, 0.05) is 25.7 Å². The molecule has 0 N–H and O–H groups in total. The predicted octanol–water partition coefficient (Wildman–Crippen LogP) is 3.37. The van der Waals surface area contributed by atoms with Gasteiger partial charge in [0.1, 0.15) is 0 Å². The van der Waals surface area contributed by atoms with E-state index in [2.05, 4.69) is 13.8 Å². The Hall–Kier alpha value is -0.120. The average Bonchev–Trinajstić information content (AvgIpc) is 2.56. The van der Waals surface area contributed by atoms with Crippen LogP contribution in [0.5, 0.6) is 0 Å². The molecular weight excluding hydrogens is 216 g/mol. The van der Waals surface area contributed by atoms with Crippen molar-refractivity contribution in [2.45, 2.75) is 89.0 Å². The van der Waals surface area contributed by atoms with Gasteiger partial charge in [-0.05, 0) is 39.5 Å². The Labute approximate surface area is 104 Å². The lowest BCUT2D eigenvalue weighted by molar-refractivity contribution is -0.355.